The highest BCUT2D eigenvalue weighted by molar-refractivity contribution is 8.00. The fourth-order valence-electron chi connectivity index (χ4n) is 1.25. The van der Waals surface area contributed by atoms with Gasteiger partial charge in [0.1, 0.15) is 0 Å². The lowest BCUT2D eigenvalue weighted by molar-refractivity contribution is -0.139. The van der Waals surface area contributed by atoms with E-state index in [-0.39, 0.29) is 12.4 Å². The monoisotopic (exact) mass is 274 g/mol. The Balaban J connectivity index is 2.84. The molecule has 8 heteroatoms. The summed E-state index contributed by atoms with van der Waals surface area (Å²) in [5.74, 6) is -0.393. The lowest BCUT2D eigenvalue weighted by atomic mass is 10.5. The molecule has 0 aliphatic carbocycles. The van der Waals surface area contributed by atoms with Crippen LogP contribution in [0.5, 0.6) is 0 Å². The molecule has 100 valence electrons. The average molecular weight is 274 g/mol. The summed E-state index contributed by atoms with van der Waals surface area (Å²) in [7, 11) is 1.18. The zero-order valence-corrected chi connectivity index (χ0v) is 11.1. The van der Waals surface area contributed by atoms with Crippen LogP contribution in [0.1, 0.15) is 12.6 Å². The van der Waals surface area contributed by atoms with E-state index >= 15 is 0 Å². The number of methoxy groups -OCH3 is 1. The Kier molecular flexibility index (Phi) is 5.02. The number of aromatic amines is 1. The van der Waals surface area contributed by atoms with Gasteiger partial charge in [-0.2, -0.15) is 0 Å². The van der Waals surface area contributed by atoms with Crippen LogP contribution in [0.3, 0.4) is 0 Å². The second-order valence-electron chi connectivity index (χ2n) is 3.27. The lowest BCUT2D eigenvalue weighted by Crippen LogP contribution is -2.25. The summed E-state index contributed by atoms with van der Waals surface area (Å²) in [6.45, 7) is 3.63. The Morgan fingerprint density at radius 2 is 2.11 bits per heavy atom. The molecule has 0 spiro atoms. The van der Waals surface area contributed by atoms with Crippen LogP contribution in [0, 0.1) is 6.92 Å². The van der Waals surface area contributed by atoms with Crippen LogP contribution in [-0.4, -0.2) is 41.3 Å². The number of nitrogens with one attached hydrogen (secondary N) is 1. The van der Waals surface area contributed by atoms with Gasteiger partial charge in [0.2, 0.25) is 0 Å². The summed E-state index contributed by atoms with van der Waals surface area (Å²) in [4.78, 5) is 34.5. The van der Waals surface area contributed by atoms with Gasteiger partial charge in [0.05, 0.1) is 24.4 Å². The molecule has 0 aromatic carbocycles. The van der Waals surface area contributed by atoms with Crippen LogP contribution < -0.4 is 5.56 Å². The number of H-pyrrole nitrogens is 1. The minimum Gasteiger partial charge on any atom is -0.465 e. The first-order valence-corrected chi connectivity index (χ1v) is 6.18. The Labute approximate surface area is 107 Å². The summed E-state index contributed by atoms with van der Waals surface area (Å²) in [5, 5.41) is 2.58. The number of hydrogen-bond donors (Lipinski definition) is 1. The van der Waals surface area contributed by atoms with E-state index in [1.54, 1.807) is 13.8 Å². The zero-order chi connectivity index (χ0) is 13.7. The molecule has 1 heterocycles. The molecule has 0 saturated carbocycles. The number of carbonyl (C=O) groups is 2. The SMILES string of the molecule is CCOC(=O)CSc1c(C)[nH]n(C(=O)OC)c1=O. The molecule has 0 aliphatic heterocycles. The van der Waals surface area contributed by atoms with Crippen molar-refractivity contribution < 1.29 is 19.1 Å². The summed E-state index contributed by atoms with van der Waals surface area (Å²) in [6, 6.07) is 0. The van der Waals surface area contributed by atoms with Gasteiger partial charge in [-0.15, -0.1) is 16.4 Å². The van der Waals surface area contributed by atoms with Crippen molar-refractivity contribution in [1.82, 2.24) is 9.78 Å². The Morgan fingerprint density at radius 3 is 2.67 bits per heavy atom. The molecular formula is C10H14N2O5S. The Hall–Kier alpha value is -1.70. The van der Waals surface area contributed by atoms with Gasteiger partial charge >= 0.3 is 12.1 Å². The first-order chi connectivity index (χ1) is 8.51. The van der Waals surface area contributed by atoms with Gasteiger partial charge in [-0.3, -0.25) is 14.7 Å². The number of aryl methyl sites for hydroxylation is 1. The topological polar surface area (TPSA) is 90.4 Å². The van der Waals surface area contributed by atoms with Crippen molar-refractivity contribution in [2.75, 3.05) is 19.5 Å². The van der Waals surface area contributed by atoms with Crippen LogP contribution in [0.2, 0.25) is 0 Å². The molecule has 1 aromatic heterocycles. The minimum absolute atomic E-state index is 0.0168. The fraction of sp³-hybridized carbons (Fsp3) is 0.500. The van der Waals surface area contributed by atoms with Crippen molar-refractivity contribution in [3.63, 3.8) is 0 Å². The van der Waals surface area contributed by atoms with Crippen molar-refractivity contribution in [3.05, 3.63) is 16.0 Å². The zero-order valence-electron chi connectivity index (χ0n) is 10.3. The second-order valence-corrected chi connectivity index (χ2v) is 4.26. The van der Waals surface area contributed by atoms with E-state index < -0.39 is 17.6 Å². The average Bonchev–Trinajstić information content (AvgIpc) is 2.62. The quantitative estimate of drug-likeness (QED) is 0.643. The number of hydrogen-bond acceptors (Lipinski definition) is 6. The molecule has 0 saturated heterocycles. The maximum atomic E-state index is 11.8. The molecule has 1 N–H and O–H groups in total. The maximum absolute atomic E-state index is 11.8. The van der Waals surface area contributed by atoms with E-state index in [0.29, 0.717) is 10.6 Å². The third-order valence-corrected chi connectivity index (χ3v) is 3.16. The highest BCUT2D eigenvalue weighted by Crippen LogP contribution is 2.17. The number of nitrogens with zero attached hydrogens (tertiary/aromatic N) is 1. The highest BCUT2D eigenvalue weighted by Gasteiger charge is 2.17. The van der Waals surface area contributed by atoms with Crippen molar-refractivity contribution in [3.8, 4) is 0 Å². The fourth-order valence-corrected chi connectivity index (χ4v) is 2.08. The second kappa shape index (κ2) is 6.29. The van der Waals surface area contributed by atoms with Gasteiger partial charge in [0.25, 0.3) is 5.56 Å². The highest BCUT2D eigenvalue weighted by atomic mass is 32.2. The third kappa shape index (κ3) is 3.16. The van der Waals surface area contributed by atoms with Gasteiger partial charge in [-0.1, -0.05) is 0 Å². The maximum Gasteiger partial charge on any atom is 0.436 e. The predicted molar refractivity (Wildman–Crippen MR) is 64.9 cm³/mol. The molecular weight excluding hydrogens is 260 g/mol. The third-order valence-electron chi connectivity index (χ3n) is 2.01. The number of ether oxygens (including phenoxy) is 2. The Morgan fingerprint density at radius 1 is 1.44 bits per heavy atom. The molecule has 0 fully saturated rings. The minimum atomic E-state index is -0.800. The summed E-state index contributed by atoms with van der Waals surface area (Å²) >= 11 is 1.02. The molecule has 0 atom stereocenters. The van der Waals surface area contributed by atoms with Crippen molar-refractivity contribution in [2.24, 2.45) is 0 Å². The Bertz CT molecular complexity index is 505. The largest absolute Gasteiger partial charge is 0.465 e. The van der Waals surface area contributed by atoms with Crippen molar-refractivity contribution in [1.29, 1.82) is 0 Å². The molecule has 0 amide bonds. The molecule has 18 heavy (non-hydrogen) atoms. The number of carbonyl (C=O) groups excluding carboxylic acids is 2. The molecule has 0 aliphatic rings. The first-order valence-electron chi connectivity index (χ1n) is 5.19. The molecule has 0 bridgehead atoms. The van der Waals surface area contributed by atoms with Crippen LogP contribution >= 0.6 is 11.8 Å². The number of rotatable bonds is 4. The van der Waals surface area contributed by atoms with E-state index in [9.17, 15) is 14.4 Å². The molecule has 7 nitrogen and oxygen atoms in total. The number of thioether (sulfide) groups is 1. The van der Waals surface area contributed by atoms with E-state index in [1.807, 2.05) is 0 Å². The van der Waals surface area contributed by atoms with Crippen molar-refractivity contribution >= 4 is 23.8 Å². The summed E-state index contributed by atoms with van der Waals surface area (Å²) in [5.41, 5.74) is -0.0339. The van der Waals surface area contributed by atoms with Crippen LogP contribution in [0.15, 0.2) is 9.69 Å². The van der Waals surface area contributed by atoms with E-state index in [0.717, 1.165) is 16.4 Å². The van der Waals surface area contributed by atoms with Gasteiger partial charge in [-0.25, -0.2) is 4.79 Å². The molecule has 1 aromatic rings. The summed E-state index contributed by atoms with van der Waals surface area (Å²) < 4.78 is 9.94. The number of esters is 1. The lowest BCUT2D eigenvalue weighted by Gasteiger charge is -1.99. The molecule has 1 rings (SSSR count). The van der Waals surface area contributed by atoms with Gasteiger partial charge < -0.3 is 9.47 Å². The normalized spacial score (nSPS) is 10.2. The van der Waals surface area contributed by atoms with Crippen LogP contribution in [-0.2, 0) is 14.3 Å². The van der Waals surface area contributed by atoms with E-state index in [2.05, 4.69) is 9.84 Å². The van der Waals surface area contributed by atoms with E-state index in [1.165, 1.54) is 7.11 Å². The summed E-state index contributed by atoms with van der Waals surface area (Å²) in [6.07, 6.45) is -0.800. The first kappa shape index (κ1) is 14.4. The van der Waals surface area contributed by atoms with Gasteiger partial charge in [-0.05, 0) is 13.8 Å². The molecule has 0 unspecified atom stereocenters. The van der Waals surface area contributed by atoms with Gasteiger partial charge in [0.15, 0.2) is 0 Å². The number of aromatic nitrogens is 2. The smallest absolute Gasteiger partial charge is 0.436 e. The molecule has 0 radical (unpaired) electrons. The van der Waals surface area contributed by atoms with Crippen LogP contribution in [0.4, 0.5) is 4.79 Å². The van der Waals surface area contributed by atoms with E-state index in [4.69, 9.17) is 4.74 Å². The van der Waals surface area contributed by atoms with Gasteiger partial charge in [0, 0.05) is 5.69 Å². The van der Waals surface area contributed by atoms with Crippen molar-refractivity contribution in [2.45, 2.75) is 18.7 Å². The van der Waals surface area contributed by atoms with Crippen LogP contribution in [0.25, 0.3) is 0 Å². The predicted octanol–water partition coefficient (Wildman–Crippen LogP) is 0.755. The standard InChI is InChI=1S/C10H14N2O5S/c1-4-17-7(13)5-18-8-6(2)11-12(9(8)14)10(15)16-3/h11H,4-5H2,1-3H3.